The van der Waals surface area contributed by atoms with Crippen LogP contribution in [-0.2, 0) is 77.9 Å². The number of rotatable bonds is 0. The molecule has 68 heavy (non-hydrogen) atoms. The van der Waals surface area contributed by atoms with E-state index in [1.807, 2.05) is 77.9 Å². The molecule has 0 bridgehead atoms. The third kappa shape index (κ3) is 38.2. The number of aryl methyl sites for hydroxylation is 8. The Morgan fingerprint density at radius 2 is 0.368 bits per heavy atom. The summed E-state index contributed by atoms with van der Waals surface area (Å²) in [5.74, 6) is 0. The Balaban J connectivity index is -0.000000341. The molecule has 6 N–H and O–H groups in total. The molecule has 0 fully saturated rings. The van der Waals surface area contributed by atoms with Gasteiger partial charge in [0.05, 0.1) is 11.1 Å². The molecule has 20 heteroatoms. The fraction of sp³-hybridized carbons (Fsp3) is 0.167. The number of aromatic nitrogens is 8. The average Bonchev–Trinajstić information content (AvgIpc) is 3.19. The van der Waals surface area contributed by atoms with Crippen molar-refractivity contribution in [1.82, 2.24) is 39.9 Å². The van der Waals surface area contributed by atoms with Crippen LogP contribution in [0, 0.1) is 55.4 Å². The molecule has 8 rings (SSSR count). The van der Waals surface area contributed by atoms with Crippen molar-refractivity contribution in [3.05, 3.63) is 245 Å². The van der Waals surface area contributed by atoms with E-state index in [0.29, 0.717) is 0 Å². The van der Waals surface area contributed by atoms with Crippen molar-refractivity contribution in [2.24, 2.45) is 0 Å². The van der Waals surface area contributed by atoms with Gasteiger partial charge in [0.2, 0.25) is 0 Å². The zero-order valence-electron chi connectivity index (χ0n) is 38.3. The van der Waals surface area contributed by atoms with Crippen molar-refractivity contribution >= 4 is 0 Å². The first-order chi connectivity index (χ1) is 30.3. The van der Waals surface area contributed by atoms with Gasteiger partial charge in [-0.15, -0.1) is 0 Å². The summed E-state index contributed by atoms with van der Waals surface area (Å²) in [5, 5.41) is 0. The minimum Gasteiger partial charge on any atom is -0.627 e. The predicted octanol–water partition coefficient (Wildman–Crippen LogP) is 0.356. The molecular formula is C48H54N8O8Rh4+6. The Labute approximate surface area is 443 Å². The predicted molar refractivity (Wildman–Crippen MR) is 239 cm³/mol. The Kier molecular flexibility index (Phi) is 40.6. The van der Waals surface area contributed by atoms with Gasteiger partial charge in [0.15, 0.2) is 0 Å². The van der Waals surface area contributed by atoms with Crippen LogP contribution in [0.1, 0.15) is 45.6 Å². The normalized spacial score (nSPS) is 8.59. The van der Waals surface area contributed by atoms with E-state index < -0.39 is 0 Å². The summed E-state index contributed by atoms with van der Waals surface area (Å²) in [6, 6.07) is 40.7. The van der Waals surface area contributed by atoms with Gasteiger partial charge in [0.1, 0.15) is 0 Å². The van der Waals surface area contributed by atoms with Crippen LogP contribution in [-0.4, -0.2) is 28.8 Å². The largest absolute Gasteiger partial charge is 2.00 e. The molecule has 364 valence electrons. The van der Waals surface area contributed by atoms with Gasteiger partial charge in [-0.2, -0.15) is 45.6 Å². The molecule has 8 heterocycles. The van der Waals surface area contributed by atoms with Gasteiger partial charge in [0, 0.05) is 36.4 Å². The molecule has 0 aromatic carbocycles. The summed E-state index contributed by atoms with van der Waals surface area (Å²) in [6.07, 6.45) is 0. The van der Waals surface area contributed by atoms with Crippen molar-refractivity contribution < 1.29 is 107 Å². The summed E-state index contributed by atoms with van der Waals surface area (Å²) in [7, 11) is 0. The van der Waals surface area contributed by atoms with E-state index in [0.717, 1.165) is 45.6 Å². The van der Waals surface area contributed by atoms with Gasteiger partial charge in [0.25, 0.3) is 33.4 Å². The van der Waals surface area contributed by atoms with Crippen molar-refractivity contribution in [2.75, 3.05) is 0 Å². The molecule has 16 nitrogen and oxygen atoms in total. The van der Waals surface area contributed by atoms with Crippen LogP contribution >= 0.6 is 0 Å². The molecular weight excluding hydrogens is 1230 g/mol. The third-order valence-electron chi connectivity index (χ3n) is 6.97. The molecule has 0 saturated heterocycles. The summed E-state index contributed by atoms with van der Waals surface area (Å²) in [5.41, 5.74) is 6.78. The van der Waals surface area contributed by atoms with Crippen molar-refractivity contribution in [3.8, 4) is 0 Å². The minimum atomic E-state index is -0.162. The standard InChI is InChI=1S/8C6H7NO.4Rh/c8*1-5-3-2-4-6(8)7-5;;;;/h8*2-4H,1H3,(H,7,8);;;;/q;;;;;;;;4*+2/p-2. The van der Waals surface area contributed by atoms with E-state index in [-0.39, 0.29) is 122 Å². The molecule has 0 aliphatic rings. The molecule has 4 radical (unpaired) electrons. The smallest absolute Gasteiger partial charge is 0.627 e. The maximum absolute atomic E-state index is 10.4. The van der Waals surface area contributed by atoms with E-state index >= 15 is 0 Å². The summed E-state index contributed by atoms with van der Waals surface area (Å²) in [4.78, 5) is 103. The van der Waals surface area contributed by atoms with Gasteiger partial charge in [-0.1, -0.05) is 152 Å². The van der Waals surface area contributed by atoms with E-state index in [1.54, 1.807) is 111 Å². The summed E-state index contributed by atoms with van der Waals surface area (Å²) >= 11 is 0. The Bertz CT molecular complexity index is 2450. The second-order valence-corrected chi connectivity index (χ2v) is 13.1. The number of nitrogens with zero attached hydrogens (tertiary/aromatic N) is 8. The zero-order valence-corrected chi connectivity index (χ0v) is 44.8. The third-order valence-corrected chi connectivity index (χ3v) is 6.97. The van der Waals surface area contributed by atoms with Crippen molar-refractivity contribution in [2.45, 2.75) is 55.4 Å². The van der Waals surface area contributed by atoms with E-state index in [4.69, 9.17) is 28.8 Å². The van der Waals surface area contributed by atoms with Gasteiger partial charge in [-0.25, -0.2) is 0 Å². The second kappa shape index (κ2) is 40.2. The monoisotopic (exact) mass is 1280 g/mol. The SMILES string of the molecule is Cc1cccc(=O)[n-]1.Cc1cccc(=O)[n-]1.Cc1cccc(=[OH+])[n-]1.Cc1cccc(=[OH+])[n-]1.Cc1cccc(=[OH+])[n-]1.Cc1cccc(=[OH+])[n-]1.Cc1cccc(=[OH+])[n-]1.Cc1cccc(=[OH+])[n-]1.[Rh+2].[Rh+2].[Rh+2].[Rh+2]. The quantitative estimate of drug-likeness (QED) is 0.149. The van der Waals surface area contributed by atoms with Gasteiger partial charge >= 0.3 is 77.9 Å². The van der Waals surface area contributed by atoms with Crippen LogP contribution in [0.4, 0.5) is 0 Å². The van der Waals surface area contributed by atoms with E-state index in [1.165, 1.54) is 12.1 Å². The van der Waals surface area contributed by atoms with Gasteiger partial charge in [-0.3, -0.25) is 28.8 Å². The van der Waals surface area contributed by atoms with Crippen LogP contribution in [0.25, 0.3) is 0 Å². The van der Waals surface area contributed by atoms with Crippen LogP contribution in [0.2, 0.25) is 0 Å². The van der Waals surface area contributed by atoms with Crippen molar-refractivity contribution in [1.29, 1.82) is 0 Å². The first-order valence-corrected chi connectivity index (χ1v) is 19.3. The molecule has 0 amide bonds. The molecule has 0 atom stereocenters. The molecule has 0 aliphatic carbocycles. The number of hydrogen-bond donors (Lipinski definition) is 0. The van der Waals surface area contributed by atoms with Gasteiger partial charge < -0.3 is 49.5 Å². The second-order valence-electron chi connectivity index (χ2n) is 13.1. The van der Waals surface area contributed by atoms with E-state index in [9.17, 15) is 9.59 Å². The minimum absolute atomic E-state index is 0. The zero-order chi connectivity index (χ0) is 47.9. The molecule has 0 spiro atoms. The Morgan fingerprint density at radius 3 is 0.441 bits per heavy atom. The molecule has 0 saturated carbocycles. The molecule has 8 aromatic rings. The van der Waals surface area contributed by atoms with E-state index in [2.05, 4.69) is 39.9 Å². The average molecular weight is 1280 g/mol. The molecule has 8 aromatic heterocycles. The summed E-state index contributed by atoms with van der Waals surface area (Å²) < 4.78 is 0. The molecule has 0 aliphatic heterocycles. The van der Waals surface area contributed by atoms with Crippen LogP contribution < -0.4 is 84.3 Å². The fourth-order valence-corrected chi connectivity index (χ4v) is 4.21. The van der Waals surface area contributed by atoms with Crippen molar-refractivity contribution in [3.63, 3.8) is 0 Å². The fourth-order valence-electron chi connectivity index (χ4n) is 4.21. The van der Waals surface area contributed by atoms with Gasteiger partial charge in [-0.05, 0) is 12.1 Å². The first kappa shape index (κ1) is 68.7. The topological polar surface area (TPSA) is 275 Å². The van der Waals surface area contributed by atoms with Crippen LogP contribution in [0.3, 0.4) is 0 Å². The number of pyridine rings is 8. The van der Waals surface area contributed by atoms with Crippen LogP contribution in [0.15, 0.2) is 155 Å². The van der Waals surface area contributed by atoms with Crippen LogP contribution in [0.5, 0.6) is 0 Å². The summed E-state index contributed by atoms with van der Waals surface area (Å²) in [6.45, 7) is 14.6. The Morgan fingerprint density at radius 1 is 0.235 bits per heavy atom. The first-order valence-electron chi connectivity index (χ1n) is 19.3. The maximum Gasteiger partial charge on any atom is 2.00 e. The molecule has 0 unspecified atom stereocenters. The Hall–Kier alpha value is -5.91. The maximum atomic E-state index is 10.4. The number of hydrogen-bond acceptors (Lipinski definition) is 2.